The summed E-state index contributed by atoms with van der Waals surface area (Å²) in [5, 5.41) is 4.04. The maximum Gasteiger partial charge on any atom is 0.157 e. The molecule has 0 spiro atoms. The minimum Gasteiger partial charge on any atom is -0.377 e. The number of ether oxygens (including phenoxy) is 2. The third-order valence-electron chi connectivity index (χ3n) is 2.88. The maximum absolute atomic E-state index is 5.62. The fraction of sp³-hybridized carbons (Fsp3) is 0.692. The minimum absolute atomic E-state index is 0.369. The molecule has 0 radical (unpaired) electrons. The molecule has 0 bridgehead atoms. The van der Waals surface area contributed by atoms with Crippen LogP contribution in [0.3, 0.4) is 0 Å². The average Bonchev–Trinajstić information content (AvgIpc) is 2.96. The van der Waals surface area contributed by atoms with Gasteiger partial charge in [-0.25, -0.2) is 9.97 Å². The van der Waals surface area contributed by atoms with Gasteiger partial charge in [-0.3, -0.25) is 0 Å². The highest BCUT2D eigenvalue weighted by molar-refractivity contribution is 7.99. The Morgan fingerprint density at radius 2 is 2.42 bits per heavy atom. The first-order chi connectivity index (χ1) is 9.31. The predicted octanol–water partition coefficient (Wildman–Crippen LogP) is 2.33. The monoisotopic (exact) mass is 283 g/mol. The smallest absolute Gasteiger partial charge is 0.157 e. The quantitative estimate of drug-likeness (QED) is 0.612. The van der Waals surface area contributed by atoms with E-state index < -0.39 is 0 Å². The molecule has 19 heavy (non-hydrogen) atoms. The van der Waals surface area contributed by atoms with Crippen LogP contribution in [0.2, 0.25) is 0 Å². The van der Waals surface area contributed by atoms with Crippen LogP contribution in [0.15, 0.2) is 11.1 Å². The van der Waals surface area contributed by atoms with E-state index in [1.165, 1.54) is 6.42 Å². The lowest BCUT2D eigenvalue weighted by atomic mass is 10.3. The summed E-state index contributed by atoms with van der Waals surface area (Å²) < 4.78 is 11.0. The summed E-state index contributed by atoms with van der Waals surface area (Å²) in [4.78, 5) is 8.89. The van der Waals surface area contributed by atoms with E-state index in [-0.39, 0.29) is 0 Å². The molecule has 6 heteroatoms. The Morgan fingerprint density at radius 1 is 1.53 bits per heavy atom. The van der Waals surface area contributed by atoms with E-state index in [2.05, 4.69) is 15.3 Å². The third-order valence-corrected chi connectivity index (χ3v) is 3.92. The fourth-order valence-electron chi connectivity index (χ4n) is 1.89. The SMILES string of the molecule is CCOCc1nc(NC)cc(SCC2CCCO2)n1. The molecular formula is C13H21N3O2S. The van der Waals surface area contributed by atoms with Crippen LogP contribution in [0.25, 0.3) is 0 Å². The van der Waals surface area contributed by atoms with Crippen LogP contribution in [0.1, 0.15) is 25.6 Å². The van der Waals surface area contributed by atoms with Gasteiger partial charge in [-0.05, 0) is 19.8 Å². The van der Waals surface area contributed by atoms with Crippen molar-refractivity contribution in [2.45, 2.75) is 37.5 Å². The normalized spacial score (nSPS) is 18.7. The first-order valence-corrected chi connectivity index (χ1v) is 7.68. The Labute approximate surface area is 118 Å². The lowest BCUT2D eigenvalue weighted by Crippen LogP contribution is -2.09. The van der Waals surface area contributed by atoms with Crippen LogP contribution < -0.4 is 5.32 Å². The van der Waals surface area contributed by atoms with Gasteiger partial charge < -0.3 is 14.8 Å². The minimum atomic E-state index is 0.369. The Bertz CT molecular complexity index is 397. The molecular weight excluding hydrogens is 262 g/mol. The molecule has 1 N–H and O–H groups in total. The molecule has 2 heterocycles. The van der Waals surface area contributed by atoms with Crippen LogP contribution in [-0.4, -0.2) is 42.1 Å². The second kappa shape index (κ2) is 7.67. The molecule has 0 aliphatic carbocycles. The number of rotatable bonds is 7. The number of aromatic nitrogens is 2. The number of nitrogens with one attached hydrogen (secondary N) is 1. The van der Waals surface area contributed by atoms with Gasteiger partial charge >= 0.3 is 0 Å². The van der Waals surface area contributed by atoms with E-state index in [0.717, 1.165) is 35.4 Å². The van der Waals surface area contributed by atoms with Gasteiger partial charge in [-0.1, -0.05) is 0 Å². The first kappa shape index (κ1) is 14.6. The summed E-state index contributed by atoms with van der Waals surface area (Å²) in [6.45, 7) is 3.99. The van der Waals surface area contributed by atoms with Crippen molar-refractivity contribution < 1.29 is 9.47 Å². The number of nitrogens with zero attached hydrogens (tertiary/aromatic N) is 2. The van der Waals surface area contributed by atoms with Gasteiger partial charge in [-0.2, -0.15) is 0 Å². The van der Waals surface area contributed by atoms with Gasteiger partial charge in [0, 0.05) is 32.1 Å². The zero-order valence-corrected chi connectivity index (χ0v) is 12.3. The van der Waals surface area contributed by atoms with Crippen LogP contribution >= 0.6 is 11.8 Å². The van der Waals surface area contributed by atoms with Gasteiger partial charge in [0.2, 0.25) is 0 Å². The summed E-state index contributed by atoms with van der Waals surface area (Å²) in [5.41, 5.74) is 0. The van der Waals surface area contributed by atoms with Crippen molar-refractivity contribution in [2.75, 3.05) is 31.3 Å². The van der Waals surface area contributed by atoms with E-state index in [9.17, 15) is 0 Å². The predicted molar refractivity (Wildman–Crippen MR) is 76.6 cm³/mol. The number of thioether (sulfide) groups is 1. The van der Waals surface area contributed by atoms with Gasteiger partial charge in [0.05, 0.1) is 6.10 Å². The summed E-state index contributed by atoms with van der Waals surface area (Å²) in [7, 11) is 1.86. The second-order valence-electron chi connectivity index (χ2n) is 4.34. The molecule has 5 nitrogen and oxygen atoms in total. The van der Waals surface area contributed by atoms with Crippen LogP contribution in [0.4, 0.5) is 5.82 Å². The van der Waals surface area contributed by atoms with Crippen LogP contribution in [-0.2, 0) is 16.1 Å². The van der Waals surface area contributed by atoms with Crippen LogP contribution in [0, 0.1) is 0 Å². The van der Waals surface area contributed by atoms with Crippen molar-refractivity contribution in [3.63, 3.8) is 0 Å². The molecule has 1 unspecified atom stereocenters. The maximum atomic E-state index is 5.62. The average molecular weight is 283 g/mol. The van der Waals surface area contributed by atoms with E-state index in [1.54, 1.807) is 11.8 Å². The second-order valence-corrected chi connectivity index (χ2v) is 5.38. The Morgan fingerprint density at radius 3 is 3.11 bits per heavy atom. The van der Waals surface area contributed by atoms with Gasteiger partial charge in [0.1, 0.15) is 17.5 Å². The third kappa shape index (κ3) is 4.63. The zero-order chi connectivity index (χ0) is 13.5. The molecule has 1 aromatic heterocycles. The van der Waals surface area contributed by atoms with E-state index >= 15 is 0 Å². The number of anilines is 1. The topological polar surface area (TPSA) is 56.3 Å². The lowest BCUT2D eigenvalue weighted by Gasteiger charge is -2.10. The molecule has 0 aromatic carbocycles. The Hall–Kier alpha value is -0.850. The highest BCUT2D eigenvalue weighted by Crippen LogP contribution is 2.24. The van der Waals surface area contributed by atoms with Gasteiger partial charge in [-0.15, -0.1) is 11.8 Å². The van der Waals surface area contributed by atoms with Crippen molar-refractivity contribution in [2.24, 2.45) is 0 Å². The Kier molecular flexibility index (Phi) is 5.88. The highest BCUT2D eigenvalue weighted by atomic mass is 32.2. The van der Waals surface area contributed by atoms with Crippen molar-refractivity contribution in [3.05, 3.63) is 11.9 Å². The molecule has 1 saturated heterocycles. The number of hydrogen-bond acceptors (Lipinski definition) is 6. The van der Waals surface area contributed by atoms with Gasteiger partial charge in [0.25, 0.3) is 0 Å². The fourth-order valence-corrected chi connectivity index (χ4v) is 2.87. The highest BCUT2D eigenvalue weighted by Gasteiger charge is 2.16. The molecule has 1 fully saturated rings. The summed E-state index contributed by atoms with van der Waals surface area (Å²) in [5.74, 6) is 2.51. The largest absolute Gasteiger partial charge is 0.377 e. The van der Waals surface area contributed by atoms with Crippen LogP contribution in [0.5, 0.6) is 0 Å². The standard InChI is InChI=1S/C13H21N3O2S/c1-3-17-8-12-15-11(14-2)7-13(16-12)19-9-10-5-4-6-18-10/h7,10H,3-6,8-9H2,1-2H3,(H,14,15,16). The summed E-state index contributed by atoms with van der Waals surface area (Å²) in [6, 6.07) is 1.97. The first-order valence-electron chi connectivity index (χ1n) is 6.69. The van der Waals surface area contributed by atoms with Crippen molar-refractivity contribution in [3.8, 4) is 0 Å². The zero-order valence-electron chi connectivity index (χ0n) is 11.5. The molecule has 1 aliphatic rings. The molecule has 0 amide bonds. The van der Waals surface area contributed by atoms with Gasteiger partial charge in [0.15, 0.2) is 5.82 Å². The molecule has 1 atom stereocenters. The van der Waals surface area contributed by atoms with Crippen molar-refractivity contribution in [1.29, 1.82) is 0 Å². The molecule has 2 rings (SSSR count). The lowest BCUT2D eigenvalue weighted by molar-refractivity contribution is 0.127. The van der Waals surface area contributed by atoms with Crippen molar-refractivity contribution >= 4 is 17.6 Å². The molecule has 0 saturated carbocycles. The van der Waals surface area contributed by atoms with Crippen molar-refractivity contribution in [1.82, 2.24) is 9.97 Å². The summed E-state index contributed by atoms with van der Waals surface area (Å²) in [6.07, 6.45) is 2.70. The molecule has 106 valence electrons. The van der Waals surface area contributed by atoms with E-state index in [4.69, 9.17) is 9.47 Å². The Balaban J connectivity index is 1.96. The summed E-state index contributed by atoms with van der Waals surface area (Å²) >= 11 is 1.72. The molecule has 1 aliphatic heterocycles. The molecule has 1 aromatic rings. The van der Waals surface area contributed by atoms with E-state index in [1.807, 2.05) is 20.0 Å². The number of hydrogen-bond donors (Lipinski definition) is 1. The van der Waals surface area contributed by atoms with E-state index in [0.29, 0.717) is 19.3 Å².